The van der Waals surface area contributed by atoms with Gasteiger partial charge < -0.3 is 14.4 Å². The van der Waals surface area contributed by atoms with Crippen LogP contribution >= 0.6 is 11.8 Å². The highest BCUT2D eigenvalue weighted by atomic mass is 32.2. The van der Waals surface area contributed by atoms with E-state index in [0.29, 0.717) is 24.0 Å². The van der Waals surface area contributed by atoms with Crippen LogP contribution in [0, 0.1) is 0 Å². The van der Waals surface area contributed by atoms with Crippen LogP contribution < -0.4 is 0 Å². The Morgan fingerprint density at radius 3 is 2.94 bits per heavy atom. The lowest BCUT2D eigenvalue weighted by Gasteiger charge is -2.05. The number of hydrogen-bond acceptors (Lipinski definition) is 6. The van der Waals surface area contributed by atoms with Crippen LogP contribution in [0.1, 0.15) is 48.8 Å². The molecule has 2 aliphatic heterocycles. The van der Waals surface area contributed by atoms with Gasteiger partial charge >= 0.3 is 5.97 Å². The SMILES string of the molecule is O=C(O)C1CCC(c2nc(C3CCCS3)no2)O1. The number of nitrogens with zero attached hydrogens (tertiary/aromatic N) is 2. The highest BCUT2D eigenvalue weighted by Gasteiger charge is 2.35. The molecule has 2 aliphatic rings. The highest BCUT2D eigenvalue weighted by Crippen LogP contribution is 2.39. The van der Waals surface area contributed by atoms with Gasteiger partial charge in [-0.25, -0.2) is 4.79 Å². The summed E-state index contributed by atoms with van der Waals surface area (Å²) in [6.45, 7) is 0. The van der Waals surface area contributed by atoms with Crippen molar-refractivity contribution >= 4 is 17.7 Å². The van der Waals surface area contributed by atoms with Crippen molar-refractivity contribution in [3.63, 3.8) is 0 Å². The number of aliphatic carboxylic acids is 1. The predicted octanol–water partition coefficient (Wildman–Crippen LogP) is 1.94. The van der Waals surface area contributed by atoms with E-state index in [1.165, 1.54) is 6.42 Å². The smallest absolute Gasteiger partial charge is 0.332 e. The van der Waals surface area contributed by atoms with Crippen LogP contribution in [0.5, 0.6) is 0 Å². The molecule has 0 amide bonds. The molecule has 1 aromatic heterocycles. The number of rotatable bonds is 3. The van der Waals surface area contributed by atoms with Gasteiger partial charge in [0.2, 0.25) is 0 Å². The van der Waals surface area contributed by atoms with E-state index in [4.69, 9.17) is 14.4 Å². The summed E-state index contributed by atoms with van der Waals surface area (Å²) in [5.41, 5.74) is 0. The topological polar surface area (TPSA) is 85.5 Å². The van der Waals surface area contributed by atoms with Crippen molar-refractivity contribution in [1.82, 2.24) is 10.1 Å². The lowest BCUT2D eigenvalue weighted by Crippen LogP contribution is -2.18. The van der Waals surface area contributed by atoms with E-state index in [1.54, 1.807) is 0 Å². The molecule has 1 N–H and O–H groups in total. The van der Waals surface area contributed by atoms with E-state index >= 15 is 0 Å². The first-order chi connectivity index (χ1) is 8.74. The first-order valence-electron chi connectivity index (χ1n) is 6.07. The average Bonchev–Trinajstić information content (AvgIpc) is 3.10. The Balaban J connectivity index is 1.68. The number of carboxylic acid groups (broad SMARTS) is 1. The van der Waals surface area contributed by atoms with Crippen LogP contribution in [-0.4, -0.2) is 33.1 Å². The fraction of sp³-hybridized carbons (Fsp3) is 0.727. The number of hydrogen-bond donors (Lipinski definition) is 1. The van der Waals surface area contributed by atoms with E-state index < -0.39 is 12.1 Å². The third kappa shape index (κ3) is 2.24. The van der Waals surface area contributed by atoms with Crippen LogP contribution in [0.25, 0.3) is 0 Å². The molecule has 6 nitrogen and oxygen atoms in total. The molecular weight excluding hydrogens is 256 g/mol. The number of carbonyl (C=O) groups is 1. The van der Waals surface area contributed by atoms with Crippen LogP contribution in [0.15, 0.2) is 4.52 Å². The standard InChI is InChI=1S/C11H14N2O4S/c14-11(15)7-4-3-6(16-7)10-12-9(13-17-10)8-2-1-5-18-8/h6-8H,1-5H2,(H,14,15). The minimum Gasteiger partial charge on any atom is -0.479 e. The van der Waals surface area contributed by atoms with Crippen molar-refractivity contribution in [3.8, 4) is 0 Å². The Morgan fingerprint density at radius 1 is 1.39 bits per heavy atom. The number of ether oxygens (including phenoxy) is 1. The Hall–Kier alpha value is -1.08. The molecule has 0 aromatic carbocycles. The Labute approximate surface area is 108 Å². The molecule has 7 heteroatoms. The predicted molar refractivity (Wildman–Crippen MR) is 63.2 cm³/mol. The summed E-state index contributed by atoms with van der Waals surface area (Å²) in [6.07, 6.45) is 2.27. The number of thioether (sulfide) groups is 1. The zero-order valence-electron chi connectivity index (χ0n) is 9.74. The van der Waals surface area contributed by atoms with Gasteiger partial charge in [-0.3, -0.25) is 0 Å². The molecule has 3 unspecified atom stereocenters. The zero-order chi connectivity index (χ0) is 12.5. The van der Waals surface area contributed by atoms with Gasteiger partial charge in [0, 0.05) is 0 Å². The summed E-state index contributed by atoms with van der Waals surface area (Å²) in [6, 6.07) is 0. The van der Waals surface area contributed by atoms with Gasteiger partial charge in [0.25, 0.3) is 5.89 Å². The molecule has 3 atom stereocenters. The second-order valence-electron chi connectivity index (χ2n) is 4.52. The second-order valence-corrected chi connectivity index (χ2v) is 5.83. The molecule has 0 aliphatic carbocycles. The van der Waals surface area contributed by atoms with Gasteiger partial charge in [0.1, 0.15) is 6.10 Å². The fourth-order valence-corrected chi connectivity index (χ4v) is 3.49. The number of carboxylic acids is 1. The molecule has 1 aromatic rings. The van der Waals surface area contributed by atoms with Crippen LogP contribution in [-0.2, 0) is 9.53 Å². The first-order valence-corrected chi connectivity index (χ1v) is 7.12. The van der Waals surface area contributed by atoms with E-state index in [0.717, 1.165) is 18.0 Å². The molecule has 0 bridgehead atoms. The van der Waals surface area contributed by atoms with Crippen LogP contribution in [0.2, 0.25) is 0 Å². The monoisotopic (exact) mass is 270 g/mol. The summed E-state index contributed by atoms with van der Waals surface area (Å²) in [5, 5.41) is 13.2. The Morgan fingerprint density at radius 2 is 2.28 bits per heavy atom. The minimum absolute atomic E-state index is 0.319. The normalized spacial score (nSPS) is 31.9. The Kier molecular flexibility index (Phi) is 3.25. The largest absolute Gasteiger partial charge is 0.479 e. The summed E-state index contributed by atoms with van der Waals surface area (Å²) in [5.74, 6) is 1.34. The minimum atomic E-state index is -0.927. The maximum atomic E-state index is 10.8. The van der Waals surface area contributed by atoms with Crippen molar-refractivity contribution in [2.24, 2.45) is 0 Å². The highest BCUT2D eigenvalue weighted by molar-refractivity contribution is 7.99. The van der Waals surface area contributed by atoms with Gasteiger partial charge in [-0.15, -0.1) is 0 Å². The molecule has 18 heavy (non-hydrogen) atoms. The summed E-state index contributed by atoms with van der Waals surface area (Å²) < 4.78 is 10.6. The van der Waals surface area contributed by atoms with Crippen LogP contribution in [0.3, 0.4) is 0 Å². The lowest BCUT2D eigenvalue weighted by atomic mass is 10.2. The summed E-state index contributed by atoms with van der Waals surface area (Å²) >= 11 is 1.84. The van der Waals surface area contributed by atoms with Crippen LogP contribution in [0.4, 0.5) is 0 Å². The fourth-order valence-electron chi connectivity index (χ4n) is 2.29. The molecule has 3 rings (SSSR count). The van der Waals surface area contributed by atoms with Gasteiger partial charge in [-0.1, -0.05) is 5.16 Å². The molecule has 3 heterocycles. The lowest BCUT2D eigenvalue weighted by molar-refractivity contribution is -0.150. The van der Waals surface area contributed by atoms with E-state index in [2.05, 4.69) is 10.1 Å². The first kappa shape index (κ1) is 12.0. The van der Waals surface area contributed by atoms with Crippen molar-refractivity contribution in [2.75, 3.05) is 5.75 Å². The van der Waals surface area contributed by atoms with E-state index in [9.17, 15) is 4.79 Å². The molecule has 2 fully saturated rings. The summed E-state index contributed by atoms with van der Waals surface area (Å²) in [4.78, 5) is 15.1. The average molecular weight is 270 g/mol. The van der Waals surface area contributed by atoms with Gasteiger partial charge in [-0.05, 0) is 31.4 Å². The summed E-state index contributed by atoms with van der Waals surface area (Å²) in [7, 11) is 0. The molecular formula is C11H14N2O4S. The third-order valence-corrected chi connectivity index (χ3v) is 4.62. The maximum Gasteiger partial charge on any atom is 0.332 e. The molecule has 0 radical (unpaired) electrons. The van der Waals surface area contributed by atoms with Crippen molar-refractivity contribution < 1.29 is 19.2 Å². The zero-order valence-corrected chi connectivity index (χ0v) is 10.6. The van der Waals surface area contributed by atoms with E-state index in [-0.39, 0.29) is 6.10 Å². The van der Waals surface area contributed by atoms with Gasteiger partial charge in [0.05, 0.1) is 5.25 Å². The quantitative estimate of drug-likeness (QED) is 0.898. The molecule has 98 valence electrons. The molecule has 0 spiro atoms. The molecule has 0 saturated carbocycles. The van der Waals surface area contributed by atoms with Crippen molar-refractivity contribution in [3.05, 3.63) is 11.7 Å². The van der Waals surface area contributed by atoms with Gasteiger partial charge in [0.15, 0.2) is 11.9 Å². The van der Waals surface area contributed by atoms with Crippen molar-refractivity contribution in [1.29, 1.82) is 0 Å². The van der Waals surface area contributed by atoms with Gasteiger partial charge in [-0.2, -0.15) is 16.7 Å². The van der Waals surface area contributed by atoms with E-state index in [1.807, 2.05) is 11.8 Å². The third-order valence-electron chi connectivity index (χ3n) is 3.25. The maximum absolute atomic E-state index is 10.8. The Bertz CT molecular complexity index is 444. The van der Waals surface area contributed by atoms with Crippen molar-refractivity contribution in [2.45, 2.75) is 43.1 Å². The number of aromatic nitrogens is 2. The molecule has 2 saturated heterocycles. The second kappa shape index (κ2) is 4.89.